The third-order valence-corrected chi connectivity index (χ3v) is 7.09. The third-order valence-electron chi connectivity index (χ3n) is 4.59. The number of hydrogen-bond donors (Lipinski definition) is 2. The van der Waals surface area contributed by atoms with Crippen molar-refractivity contribution in [3.05, 3.63) is 45.4 Å². The highest BCUT2D eigenvalue weighted by molar-refractivity contribution is 9.10. The Bertz CT molecular complexity index is 991. The van der Waals surface area contributed by atoms with E-state index < -0.39 is 21.9 Å². The van der Waals surface area contributed by atoms with Gasteiger partial charge in [-0.05, 0) is 58.0 Å². The third kappa shape index (κ3) is 5.38. The van der Waals surface area contributed by atoms with Crippen LogP contribution in [-0.4, -0.2) is 64.0 Å². The first-order valence-electron chi connectivity index (χ1n) is 8.92. The number of β-amino-alcohol motifs (C(OH)–C–C–N with tert-alkyl or cyclic N) is 1. The average molecular weight is 491 g/mol. The Morgan fingerprint density at radius 1 is 1.34 bits per heavy atom. The summed E-state index contributed by atoms with van der Waals surface area (Å²) in [5.74, 6) is -0.423. The van der Waals surface area contributed by atoms with Gasteiger partial charge in [0.2, 0.25) is 10.0 Å². The molecule has 0 bridgehead atoms. The van der Waals surface area contributed by atoms with Gasteiger partial charge in [-0.15, -0.1) is 0 Å². The minimum Gasteiger partial charge on any atom is -0.411 e. The molecule has 158 valence electrons. The predicted octanol–water partition coefficient (Wildman–Crippen LogP) is 1.72. The fourth-order valence-electron chi connectivity index (χ4n) is 2.95. The number of sulfonamides is 1. The van der Waals surface area contributed by atoms with E-state index in [-0.39, 0.29) is 36.7 Å². The van der Waals surface area contributed by atoms with Crippen LogP contribution < -0.4 is 0 Å². The molecule has 2 aromatic rings. The van der Waals surface area contributed by atoms with E-state index in [1.165, 1.54) is 10.4 Å². The lowest BCUT2D eigenvalue weighted by Gasteiger charge is -2.34. The number of benzene rings is 1. The predicted molar refractivity (Wildman–Crippen MR) is 105 cm³/mol. The summed E-state index contributed by atoms with van der Waals surface area (Å²) in [5, 5.41) is 29.5. The molecule has 9 nitrogen and oxygen atoms in total. The van der Waals surface area contributed by atoms with Gasteiger partial charge >= 0.3 is 0 Å². The van der Waals surface area contributed by atoms with Crippen LogP contribution >= 0.6 is 15.9 Å². The van der Waals surface area contributed by atoms with Crippen LogP contribution in [0, 0.1) is 5.82 Å². The molecule has 0 aliphatic carbocycles. The van der Waals surface area contributed by atoms with E-state index in [9.17, 15) is 23.1 Å². The summed E-state index contributed by atoms with van der Waals surface area (Å²) in [6, 6.07) is 4.44. The van der Waals surface area contributed by atoms with Gasteiger partial charge in [0, 0.05) is 19.5 Å². The van der Waals surface area contributed by atoms with E-state index >= 15 is 0 Å². The van der Waals surface area contributed by atoms with Crippen molar-refractivity contribution < 1.29 is 27.8 Å². The lowest BCUT2D eigenvalue weighted by molar-refractivity contribution is 0.0548. The van der Waals surface area contributed by atoms with Crippen molar-refractivity contribution in [2.24, 2.45) is 5.16 Å². The fraction of sp³-hybridized carbons (Fsp3) is 0.471. The van der Waals surface area contributed by atoms with Gasteiger partial charge in [0.25, 0.3) is 0 Å². The van der Waals surface area contributed by atoms with Crippen molar-refractivity contribution >= 4 is 31.7 Å². The molecule has 1 aliphatic rings. The molecule has 1 aliphatic heterocycles. The van der Waals surface area contributed by atoms with E-state index in [1.807, 2.05) is 0 Å². The van der Waals surface area contributed by atoms with E-state index in [4.69, 9.17) is 4.63 Å². The highest BCUT2D eigenvalue weighted by Crippen LogP contribution is 2.20. The molecule has 0 spiro atoms. The van der Waals surface area contributed by atoms with Crippen LogP contribution in [0.15, 0.2) is 32.5 Å². The number of nitrogens with zero attached hydrogens (tertiary/aromatic N) is 4. The number of unbranched alkanes of at least 4 members (excludes halogenated alkanes) is 1. The number of hydrogen-bond acceptors (Lipinski definition) is 8. The van der Waals surface area contributed by atoms with E-state index in [0.717, 1.165) is 0 Å². The standard InChI is InChI=1S/C17H20BrFN4O5S/c18-13-7-11(4-5-14(13)19)8-16(20-25)17-15(21-28-22-17)3-1-2-6-29(26,27)23-9-12(24)10-23/h4-5,7,12,24-25H,1-3,6,8-10H2/b20-16+. The maximum Gasteiger partial charge on any atom is 0.214 e. The Morgan fingerprint density at radius 2 is 2.10 bits per heavy atom. The van der Waals surface area contributed by atoms with E-state index in [1.54, 1.807) is 12.1 Å². The largest absolute Gasteiger partial charge is 0.411 e. The SMILES string of the molecule is O=S(=O)(CCCCc1nonc1/C(Cc1ccc(F)c(Br)c1)=N/O)N1CC(O)C1. The molecule has 1 fully saturated rings. The molecule has 1 aromatic heterocycles. The molecule has 0 radical (unpaired) electrons. The lowest BCUT2D eigenvalue weighted by atomic mass is 10.0. The summed E-state index contributed by atoms with van der Waals surface area (Å²) >= 11 is 3.11. The number of aromatic nitrogens is 2. The number of halogens is 2. The second kappa shape index (κ2) is 9.28. The highest BCUT2D eigenvalue weighted by Gasteiger charge is 2.33. The van der Waals surface area contributed by atoms with Crippen molar-refractivity contribution in [2.45, 2.75) is 31.8 Å². The van der Waals surface area contributed by atoms with Gasteiger partial charge in [-0.25, -0.2) is 17.4 Å². The monoisotopic (exact) mass is 490 g/mol. The summed E-state index contributed by atoms with van der Waals surface area (Å²) < 4.78 is 43.9. The zero-order valence-electron chi connectivity index (χ0n) is 15.3. The van der Waals surface area contributed by atoms with Crippen LogP contribution in [0.1, 0.15) is 29.8 Å². The smallest absolute Gasteiger partial charge is 0.214 e. The van der Waals surface area contributed by atoms with Crippen molar-refractivity contribution in [3.8, 4) is 0 Å². The molecule has 1 saturated heterocycles. The summed E-state index contributed by atoms with van der Waals surface area (Å²) in [5.41, 5.74) is 1.64. The zero-order chi connectivity index (χ0) is 21.0. The Balaban J connectivity index is 1.57. The summed E-state index contributed by atoms with van der Waals surface area (Å²) in [4.78, 5) is 0. The molecule has 0 unspecified atom stereocenters. The van der Waals surface area contributed by atoms with Crippen molar-refractivity contribution in [3.63, 3.8) is 0 Å². The minimum absolute atomic E-state index is 0.0229. The number of oxime groups is 1. The van der Waals surface area contributed by atoms with Crippen LogP contribution in [0.25, 0.3) is 0 Å². The van der Waals surface area contributed by atoms with Gasteiger partial charge < -0.3 is 10.3 Å². The van der Waals surface area contributed by atoms with Crippen molar-refractivity contribution in [1.82, 2.24) is 14.6 Å². The minimum atomic E-state index is -3.36. The topological polar surface area (TPSA) is 129 Å². The molecule has 0 atom stereocenters. The van der Waals surface area contributed by atoms with Crippen LogP contribution in [0.2, 0.25) is 0 Å². The number of aryl methyl sites for hydroxylation is 1. The molecule has 1 aromatic carbocycles. The number of aliphatic hydroxyl groups excluding tert-OH is 1. The van der Waals surface area contributed by atoms with Crippen molar-refractivity contribution in [1.29, 1.82) is 0 Å². The molecule has 2 heterocycles. The number of rotatable bonds is 9. The molecular formula is C17H20BrFN4O5S. The Labute approximate surface area is 175 Å². The Morgan fingerprint density at radius 3 is 2.76 bits per heavy atom. The van der Waals surface area contributed by atoms with Crippen LogP contribution in [0.3, 0.4) is 0 Å². The molecule has 3 rings (SSSR count). The van der Waals surface area contributed by atoms with E-state index in [2.05, 4.69) is 31.4 Å². The highest BCUT2D eigenvalue weighted by atomic mass is 79.9. The maximum absolute atomic E-state index is 13.4. The van der Waals surface area contributed by atoms with Gasteiger partial charge in [-0.2, -0.15) is 4.31 Å². The van der Waals surface area contributed by atoms with Gasteiger partial charge in [-0.1, -0.05) is 16.4 Å². The summed E-state index contributed by atoms with van der Waals surface area (Å²) in [7, 11) is -3.36. The first-order valence-corrected chi connectivity index (χ1v) is 11.3. The molecule has 29 heavy (non-hydrogen) atoms. The van der Waals surface area contributed by atoms with Crippen LogP contribution in [0.5, 0.6) is 0 Å². The van der Waals surface area contributed by atoms with Crippen LogP contribution in [-0.2, 0) is 22.9 Å². The fourth-order valence-corrected chi connectivity index (χ4v) is 5.00. The van der Waals surface area contributed by atoms with Crippen molar-refractivity contribution in [2.75, 3.05) is 18.8 Å². The van der Waals surface area contributed by atoms with Gasteiger partial charge in [0.05, 0.1) is 16.3 Å². The van der Waals surface area contributed by atoms with Gasteiger partial charge in [0.15, 0.2) is 5.69 Å². The normalized spacial score (nSPS) is 16.2. The maximum atomic E-state index is 13.4. The second-order valence-electron chi connectivity index (χ2n) is 6.78. The average Bonchev–Trinajstić information content (AvgIpc) is 3.12. The molecule has 12 heteroatoms. The molecule has 2 N–H and O–H groups in total. The lowest BCUT2D eigenvalue weighted by Crippen LogP contribution is -2.53. The zero-order valence-corrected chi connectivity index (χ0v) is 17.7. The molecule has 0 amide bonds. The van der Waals surface area contributed by atoms with Crippen LogP contribution in [0.4, 0.5) is 4.39 Å². The quantitative estimate of drug-likeness (QED) is 0.237. The first kappa shape index (κ1) is 21.8. The van der Waals surface area contributed by atoms with Gasteiger partial charge in [-0.3, -0.25) is 0 Å². The Kier molecular flexibility index (Phi) is 6.98. The molecule has 0 saturated carbocycles. The first-order chi connectivity index (χ1) is 13.8. The second-order valence-corrected chi connectivity index (χ2v) is 9.72. The van der Waals surface area contributed by atoms with E-state index in [0.29, 0.717) is 35.0 Å². The number of aliphatic hydroxyl groups is 1. The summed E-state index contributed by atoms with van der Waals surface area (Å²) in [6.07, 6.45) is 0.910. The Hall–Kier alpha value is -1.89. The molecular weight excluding hydrogens is 471 g/mol. The van der Waals surface area contributed by atoms with Gasteiger partial charge in [0.1, 0.15) is 17.2 Å². The summed E-state index contributed by atoms with van der Waals surface area (Å²) in [6.45, 7) is 0.297.